The van der Waals surface area contributed by atoms with Gasteiger partial charge in [0.1, 0.15) is 5.75 Å². The number of fused-ring (bicyclic) bond motifs is 1. The largest absolute Gasteiger partial charge is 0.497 e. The molecule has 1 atom stereocenters. The van der Waals surface area contributed by atoms with Gasteiger partial charge in [0.05, 0.1) is 13.4 Å². The van der Waals surface area contributed by atoms with E-state index in [2.05, 4.69) is 6.92 Å². The second-order valence-corrected chi connectivity index (χ2v) is 9.17. The molecule has 0 aromatic heterocycles. The Bertz CT molecular complexity index is 754. The maximum Gasteiger partial charge on any atom is 0.230 e. The number of piperidine rings is 1. The van der Waals surface area contributed by atoms with Crippen molar-refractivity contribution in [2.45, 2.75) is 26.2 Å². The molecule has 0 saturated carbocycles. The van der Waals surface area contributed by atoms with Crippen LogP contribution in [0.5, 0.6) is 5.75 Å². The summed E-state index contributed by atoms with van der Waals surface area (Å²) in [7, 11) is -1.53. The molecule has 0 radical (unpaired) electrons. The van der Waals surface area contributed by atoms with Crippen LogP contribution in [0, 0.1) is 11.8 Å². The molecule has 7 heteroatoms. The number of carbonyl (C=O) groups is 1. The van der Waals surface area contributed by atoms with Gasteiger partial charge >= 0.3 is 0 Å². The summed E-state index contributed by atoms with van der Waals surface area (Å²) in [6, 6.07) is 5.86. The van der Waals surface area contributed by atoms with Crippen LogP contribution in [0.1, 0.15) is 25.3 Å². The highest BCUT2D eigenvalue weighted by Gasteiger charge is 2.34. The van der Waals surface area contributed by atoms with Crippen molar-refractivity contribution in [2.24, 2.45) is 11.8 Å². The Morgan fingerprint density at radius 1 is 1.24 bits per heavy atom. The van der Waals surface area contributed by atoms with E-state index in [9.17, 15) is 13.2 Å². The molecule has 2 heterocycles. The van der Waals surface area contributed by atoms with Crippen molar-refractivity contribution in [1.29, 1.82) is 0 Å². The van der Waals surface area contributed by atoms with Crippen LogP contribution in [-0.4, -0.2) is 51.6 Å². The second-order valence-electron chi connectivity index (χ2n) is 7.19. The molecule has 1 aromatic rings. The lowest BCUT2D eigenvalue weighted by molar-refractivity contribution is -0.123. The molecule has 2 aliphatic heterocycles. The minimum atomic E-state index is -3.17. The van der Waals surface area contributed by atoms with Crippen LogP contribution in [0.4, 0.5) is 5.69 Å². The van der Waals surface area contributed by atoms with Gasteiger partial charge in [-0.15, -0.1) is 0 Å². The number of amides is 1. The van der Waals surface area contributed by atoms with Gasteiger partial charge in [0, 0.05) is 31.2 Å². The average molecular weight is 366 g/mol. The lowest BCUT2D eigenvalue weighted by atomic mass is 9.90. The number of rotatable bonds is 3. The molecular formula is C18H26N2O4S. The minimum Gasteiger partial charge on any atom is -0.497 e. The van der Waals surface area contributed by atoms with Crippen molar-refractivity contribution in [2.75, 3.05) is 37.9 Å². The summed E-state index contributed by atoms with van der Waals surface area (Å²) in [4.78, 5) is 15.0. The number of carbonyl (C=O) groups excluding carboxylic acids is 1. The molecule has 138 valence electrons. The molecule has 1 fully saturated rings. The SMILES string of the molecule is COc1ccc2c(c1)CC(C)CN2C(=O)C1CCN(S(C)(=O)=O)CC1. The molecule has 2 aliphatic rings. The topological polar surface area (TPSA) is 66.9 Å². The first-order valence-corrected chi connectivity index (χ1v) is 10.6. The van der Waals surface area contributed by atoms with Gasteiger partial charge in [-0.05, 0) is 48.9 Å². The van der Waals surface area contributed by atoms with Crippen LogP contribution in [0.2, 0.25) is 0 Å². The van der Waals surface area contributed by atoms with Gasteiger partial charge < -0.3 is 9.64 Å². The van der Waals surface area contributed by atoms with Crippen LogP contribution in [0.25, 0.3) is 0 Å². The maximum absolute atomic E-state index is 13.1. The van der Waals surface area contributed by atoms with Gasteiger partial charge in [-0.2, -0.15) is 0 Å². The van der Waals surface area contributed by atoms with Crippen molar-refractivity contribution >= 4 is 21.6 Å². The zero-order chi connectivity index (χ0) is 18.2. The highest BCUT2D eigenvalue weighted by Crippen LogP contribution is 2.34. The van der Waals surface area contributed by atoms with Gasteiger partial charge in [-0.1, -0.05) is 6.92 Å². The summed E-state index contributed by atoms with van der Waals surface area (Å²) in [6.07, 6.45) is 3.33. The zero-order valence-corrected chi connectivity index (χ0v) is 15.9. The molecule has 0 spiro atoms. The van der Waals surface area contributed by atoms with Crippen LogP contribution < -0.4 is 9.64 Å². The first-order chi connectivity index (χ1) is 11.8. The molecule has 1 unspecified atom stereocenters. The Morgan fingerprint density at radius 2 is 1.92 bits per heavy atom. The number of sulfonamides is 1. The zero-order valence-electron chi connectivity index (χ0n) is 15.1. The highest BCUT2D eigenvalue weighted by molar-refractivity contribution is 7.88. The number of ether oxygens (including phenoxy) is 1. The summed E-state index contributed by atoms with van der Waals surface area (Å²) < 4.78 is 30.1. The summed E-state index contributed by atoms with van der Waals surface area (Å²) in [5, 5.41) is 0. The van der Waals surface area contributed by atoms with Crippen molar-refractivity contribution in [3.8, 4) is 5.75 Å². The van der Waals surface area contributed by atoms with Crippen molar-refractivity contribution in [1.82, 2.24) is 4.31 Å². The fourth-order valence-electron chi connectivity index (χ4n) is 3.83. The standard InChI is InChI=1S/C18H26N2O4S/c1-13-10-15-11-16(24-2)4-5-17(15)20(12-13)18(21)14-6-8-19(9-7-14)25(3,22)23/h4-5,11,13-14H,6-10,12H2,1-3H3. The van der Waals surface area contributed by atoms with Crippen LogP contribution in [-0.2, 0) is 21.2 Å². The first-order valence-electron chi connectivity index (χ1n) is 8.73. The van der Waals surface area contributed by atoms with Crippen molar-refractivity contribution in [3.05, 3.63) is 23.8 Å². The molecule has 0 N–H and O–H groups in total. The molecule has 1 saturated heterocycles. The third kappa shape index (κ3) is 3.82. The number of nitrogens with zero attached hydrogens (tertiary/aromatic N) is 2. The fraction of sp³-hybridized carbons (Fsp3) is 0.611. The van der Waals surface area contributed by atoms with Crippen molar-refractivity contribution in [3.63, 3.8) is 0 Å². The number of hydrogen-bond acceptors (Lipinski definition) is 4. The lowest BCUT2D eigenvalue weighted by Gasteiger charge is -2.37. The van der Waals surface area contributed by atoms with Gasteiger partial charge in [-0.3, -0.25) is 4.79 Å². The molecular weight excluding hydrogens is 340 g/mol. The molecule has 25 heavy (non-hydrogen) atoms. The maximum atomic E-state index is 13.1. The highest BCUT2D eigenvalue weighted by atomic mass is 32.2. The quantitative estimate of drug-likeness (QED) is 0.819. The van der Waals surface area contributed by atoms with E-state index < -0.39 is 10.0 Å². The molecule has 0 aliphatic carbocycles. The van der Waals surface area contributed by atoms with E-state index in [0.29, 0.717) is 38.4 Å². The van der Waals surface area contributed by atoms with E-state index in [1.807, 2.05) is 23.1 Å². The predicted molar refractivity (Wildman–Crippen MR) is 97.4 cm³/mol. The van der Waals surface area contributed by atoms with Gasteiger partial charge in [0.15, 0.2) is 0 Å². The van der Waals surface area contributed by atoms with Crippen molar-refractivity contribution < 1.29 is 17.9 Å². The molecule has 0 bridgehead atoms. The van der Waals surface area contributed by atoms with E-state index in [1.54, 1.807) is 7.11 Å². The number of anilines is 1. The third-order valence-electron chi connectivity index (χ3n) is 5.18. The molecule has 6 nitrogen and oxygen atoms in total. The first kappa shape index (κ1) is 18.2. The summed E-state index contributed by atoms with van der Waals surface area (Å²) in [6.45, 7) is 3.71. The lowest BCUT2D eigenvalue weighted by Crippen LogP contribution is -2.46. The second kappa shape index (κ2) is 6.96. The minimum absolute atomic E-state index is 0.113. The third-order valence-corrected chi connectivity index (χ3v) is 6.48. The molecule has 3 rings (SSSR count). The van der Waals surface area contributed by atoms with E-state index in [4.69, 9.17) is 4.74 Å². The monoisotopic (exact) mass is 366 g/mol. The van der Waals surface area contributed by atoms with E-state index in [1.165, 1.54) is 10.6 Å². The van der Waals surface area contributed by atoms with Gasteiger partial charge in [0.2, 0.25) is 15.9 Å². The Kier molecular flexibility index (Phi) is 5.06. The van der Waals surface area contributed by atoms with Gasteiger partial charge in [0.25, 0.3) is 0 Å². The Morgan fingerprint density at radius 3 is 2.52 bits per heavy atom. The summed E-state index contributed by atoms with van der Waals surface area (Å²) >= 11 is 0. The number of benzene rings is 1. The Hall–Kier alpha value is -1.60. The number of methoxy groups -OCH3 is 1. The van der Waals surface area contributed by atoms with Crippen LogP contribution in [0.3, 0.4) is 0 Å². The van der Waals surface area contributed by atoms with E-state index >= 15 is 0 Å². The van der Waals surface area contributed by atoms with Gasteiger partial charge in [-0.25, -0.2) is 12.7 Å². The normalized spacial score (nSPS) is 22.5. The fourth-order valence-corrected chi connectivity index (χ4v) is 4.70. The number of hydrogen-bond donors (Lipinski definition) is 0. The van der Waals surface area contributed by atoms with E-state index in [-0.39, 0.29) is 11.8 Å². The van der Waals surface area contributed by atoms with E-state index in [0.717, 1.165) is 23.4 Å². The molecule has 1 amide bonds. The predicted octanol–water partition coefficient (Wildman–Crippen LogP) is 1.89. The average Bonchev–Trinajstić information content (AvgIpc) is 2.59. The molecule has 1 aromatic carbocycles. The smallest absolute Gasteiger partial charge is 0.230 e. The van der Waals surface area contributed by atoms with Crippen LogP contribution >= 0.6 is 0 Å². The Balaban J connectivity index is 1.77. The summed E-state index contributed by atoms with van der Waals surface area (Å²) in [5.41, 5.74) is 2.11. The van der Waals surface area contributed by atoms with Crippen LogP contribution in [0.15, 0.2) is 18.2 Å². The summed E-state index contributed by atoms with van der Waals surface area (Å²) in [5.74, 6) is 1.20. The Labute approximate surface area is 149 Å².